The molecule has 0 saturated heterocycles. The quantitative estimate of drug-likeness (QED) is 0.392. The van der Waals surface area contributed by atoms with E-state index in [-0.39, 0.29) is 6.61 Å². The first-order valence-electron chi connectivity index (χ1n) is 2.06. The van der Waals surface area contributed by atoms with E-state index in [0.29, 0.717) is 0 Å². The van der Waals surface area contributed by atoms with Crippen molar-refractivity contribution in [1.82, 2.24) is 0 Å². The largest absolute Gasteiger partial charge is 0.393 e. The maximum Gasteiger partial charge on any atom is 0.121 e. The van der Waals surface area contributed by atoms with Crippen molar-refractivity contribution in [2.75, 3.05) is 6.61 Å². The molecule has 2 N–H and O–H groups in total. The van der Waals surface area contributed by atoms with Crippen LogP contribution in [-0.4, -0.2) is 22.6 Å². The third-order valence-electron chi connectivity index (χ3n) is 0.628. The number of aliphatic hydroxyl groups is 1. The van der Waals surface area contributed by atoms with Gasteiger partial charge in [0.15, 0.2) is 0 Å². The topological polar surface area (TPSA) is 49.7 Å². The number of hydrogen-bond donors (Lipinski definition) is 2. The van der Waals surface area contributed by atoms with Crippen molar-refractivity contribution >= 4 is 0 Å². The molecule has 0 saturated carbocycles. The van der Waals surface area contributed by atoms with Crippen LogP contribution in [0.1, 0.15) is 13.8 Å². The van der Waals surface area contributed by atoms with Crippen molar-refractivity contribution in [2.24, 2.45) is 0 Å². The van der Waals surface area contributed by atoms with Crippen LogP contribution in [-0.2, 0) is 4.89 Å². The highest BCUT2D eigenvalue weighted by Gasteiger charge is 2.15. The Bertz CT molecular complexity index is 44.9. The van der Waals surface area contributed by atoms with Crippen LogP contribution < -0.4 is 0 Å². The molecule has 3 heteroatoms. The average molecular weight is 106 g/mol. The van der Waals surface area contributed by atoms with E-state index in [1.165, 1.54) is 0 Å². The molecule has 0 aliphatic rings. The molecule has 0 fully saturated rings. The zero-order valence-corrected chi connectivity index (χ0v) is 4.51. The summed E-state index contributed by atoms with van der Waals surface area (Å²) in [7, 11) is 0. The van der Waals surface area contributed by atoms with Crippen molar-refractivity contribution in [3.8, 4) is 0 Å². The molecule has 0 amide bonds. The van der Waals surface area contributed by atoms with Gasteiger partial charge in [-0.3, -0.25) is 5.26 Å². The van der Waals surface area contributed by atoms with Gasteiger partial charge in [-0.2, -0.15) is 0 Å². The van der Waals surface area contributed by atoms with E-state index in [2.05, 4.69) is 4.89 Å². The molecular weight excluding hydrogens is 96.0 g/mol. The molecule has 0 aromatic carbocycles. The molecule has 0 unspecified atom stereocenters. The molecule has 7 heavy (non-hydrogen) atoms. The van der Waals surface area contributed by atoms with Crippen molar-refractivity contribution in [3.05, 3.63) is 0 Å². The normalized spacial score (nSPS) is 12.0. The summed E-state index contributed by atoms with van der Waals surface area (Å²) in [5.74, 6) is 0. The second-order valence-electron chi connectivity index (χ2n) is 2.01. The van der Waals surface area contributed by atoms with Crippen LogP contribution in [0.3, 0.4) is 0 Å². The average Bonchev–Trinajstić information content (AvgIpc) is 1.68. The fraction of sp³-hybridized carbons (Fsp3) is 1.00. The Morgan fingerprint density at radius 3 is 2.00 bits per heavy atom. The van der Waals surface area contributed by atoms with Crippen LogP contribution >= 0.6 is 0 Å². The first kappa shape index (κ1) is 6.88. The van der Waals surface area contributed by atoms with E-state index in [9.17, 15) is 0 Å². The van der Waals surface area contributed by atoms with E-state index in [1.807, 2.05) is 0 Å². The minimum Gasteiger partial charge on any atom is -0.393 e. The summed E-state index contributed by atoms with van der Waals surface area (Å²) in [6, 6.07) is 0. The molecule has 0 bridgehead atoms. The highest BCUT2D eigenvalue weighted by atomic mass is 17.1. The Morgan fingerprint density at radius 1 is 1.57 bits per heavy atom. The maximum absolute atomic E-state index is 8.31. The van der Waals surface area contributed by atoms with Gasteiger partial charge in [0.25, 0.3) is 0 Å². The van der Waals surface area contributed by atoms with Gasteiger partial charge in [-0.15, -0.1) is 0 Å². The van der Waals surface area contributed by atoms with E-state index in [4.69, 9.17) is 10.4 Å². The third-order valence-corrected chi connectivity index (χ3v) is 0.628. The fourth-order valence-corrected chi connectivity index (χ4v) is 0.0289. The van der Waals surface area contributed by atoms with Crippen molar-refractivity contribution < 1.29 is 15.3 Å². The Balaban J connectivity index is 3.36. The fourth-order valence-electron chi connectivity index (χ4n) is 0.0289. The second-order valence-corrected chi connectivity index (χ2v) is 2.01. The summed E-state index contributed by atoms with van der Waals surface area (Å²) in [5.41, 5.74) is -0.806. The van der Waals surface area contributed by atoms with Crippen LogP contribution in [0.4, 0.5) is 0 Å². The van der Waals surface area contributed by atoms with Crippen molar-refractivity contribution in [3.63, 3.8) is 0 Å². The molecule has 3 nitrogen and oxygen atoms in total. The molecular formula is C4H10O3. The molecule has 44 valence electrons. The first-order valence-corrected chi connectivity index (χ1v) is 2.06. The monoisotopic (exact) mass is 106 g/mol. The summed E-state index contributed by atoms with van der Waals surface area (Å²) in [4.78, 5) is 3.84. The summed E-state index contributed by atoms with van der Waals surface area (Å²) < 4.78 is 0. The van der Waals surface area contributed by atoms with E-state index >= 15 is 0 Å². The second kappa shape index (κ2) is 2.26. The van der Waals surface area contributed by atoms with Crippen LogP contribution in [0.25, 0.3) is 0 Å². The Labute approximate surface area is 42.5 Å². The van der Waals surface area contributed by atoms with Gasteiger partial charge < -0.3 is 5.11 Å². The molecule has 0 aliphatic heterocycles. The lowest BCUT2D eigenvalue weighted by Gasteiger charge is -2.15. The molecule has 0 aromatic heterocycles. The van der Waals surface area contributed by atoms with E-state index in [1.54, 1.807) is 13.8 Å². The van der Waals surface area contributed by atoms with Gasteiger partial charge in [-0.25, -0.2) is 4.89 Å². The third kappa shape index (κ3) is 2.56. The Hall–Kier alpha value is -0.120. The minimum atomic E-state index is -0.806. The van der Waals surface area contributed by atoms with Gasteiger partial charge in [0, 0.05) is 0 Å². The highest BCUT2D eigenvalue weighted by Crippen LogP contribution is 2.02. The van der Waals surface area contributed by atoms with Gasteiger partial charge in [0.1, 0.15) is 5.60 Å². The molecule has 0 spiro atoms. The summed E-state index contributed by atoms with van der Waals surface area (Å²) in [6.07, 6.45) is 0. The van der Waals surface area contributed by atoms with E-state index < -0.39 is 5.60 Å². The zero-order chi connectivity index (χ0) is 5.91. The minimum absolute atomic E-state index is 0.177. The number of hydrogen-bond acceptors (Lipinski definition) is 3. The lowest BCUT2D eigenvalue weighted by atomic mass is 10.2. The summed E-state index contributed by atoms with van der Waals surface area (Å²) >= 11 is 0. The van der Waals surface area contributed by atoms with Gasteiger partial charge in [-0.1, -0.05) is 0 Å². The lowest BCUT2D eigenvalue weighted by Crippen LogP contribution is -2.27. The highest BCUT2D eigenvalue weighted by molar-refractivity contribution is 4.61. The van der Waals surface area contributed by atoms with E-state index in [0.717, 1.165) is 0 Å². The molecule has 0 aliphatic carbocycles. The lowest BCUT2D eigenvalue weighted by molar-refractivity contribution is -0.319. The first-order chi connectivity index (χ1) is 3.12. The van der Waals surface area contributed by atoms with Gasteiger partial charge in [0.2, 0.25) is 0 Å². The van der Waals surface area contributed by atoms with Gasteiger partial charge in [-0.05, 0) is 13.8 Å². The zero-order valence-electron chi connectivity index (χ0n) is 4.51. The summed E-state index contributed by atoms with van der Waals surface area (Å²) in [5, 5.41) is 16.2. The Morgan fingerprint density at radius 2 is 2.00 bits per heavy atom. The molecule has 0 radical (unpaired) electrons. The SMILES string of the molecule is CC(C)(CO)OO. The summed E-state index contributed by atoms with van der Waals surface area (Å²) in [6.45, 7) is 2.98. The van der Waals surface area contributed by atoms with Gasteiger partial charge in [0.05, 0.1) is 6.61 Å². The van der Waals surface area contributed by atoms with Crippen LogP contribution in [0, 0.1) is 0 Å². The van der Waals surface area contributed by atoms with Crippen molar-refractivity contribution in [1.29, 1.82) is 0 Å². The molecule has 0 heterocycles. The predicted octanol–water partition coefficient (Wildman–Crippen LogP) is 0.247. The van der Waals surface area contributed by atoms with Crippen LogP contribution in [0.15, 0.2) is 0 Å². The smallest absolute Gasteiger partial charge is 0.121 e. The predicted molar refractivity (Wildman–Crippen MR) is 24.9 cm³/mol. The number of rotatable bonds is 2. The van der Waals surface area contributed by atoms with Crippen LogP contribution in [0.5, 0.6) is 0 Å². The molecule has 0 atom stereocenters. The maximum atomic E-state index is 8.31. The standard InChI is InChI=1S/C4H10O3/c1-4(2,3-5)7-6/h5-6H,3H2,1-2H3. The molecule has 0 aromatic rings. The van der Waals surface area contributed by atoms with Crippen molar-refractivity contribution in [2.45, 2.75) is 19.4 Å². The number of aliphatic hydroxyl groups excluding tert-OH is 1. The van der Waals surface area contributed by atoms with Crippen LogP contribution in [0.2, 0.25) is 0 Å². The van der Waals surface area contributed by atoms with Gasteiger partial charge >= 0.3 is 0 Å². The Kier molecular flexibility index (Phi) is 2.22. The molecule has 0 rings (SSSR count).